The van der Waals surface area contributed by atoms with E-state index >= 15 is 0 Å². The molecule has 0 aliphatic heterocycles. The molecule has 2 rings (SSSR count). The fourth-order valence-electron chi connectivity index (χ4n) is 1.11. The third-order valence-electron chi connectivity index (χ3n) is 1.72. The van der Waals surface area contributed by atoms with E-state index in [1.165, 1.54) is 11.3 Å². The first-order chi connectivity index (χ1) is 6.81. The Labute approximate surface area is 113 Å². The summed E-state index contributed by atoms with van der Waals surface area (Å²) < 4.78 is 0.954. The molecular weight excluding hydrogens is 221 g/mol. The number of rotatable bonds is 2. The van der Waals surface area contributed by atoms with Crippen molar-refractivity contribution in [2.75, 3.05) is 0 Å². The summed E-state index contributed by atoms with van der Waals surface area (Å²) in [5.41, 5.74) is 0.792. The number of ketones is 1. The van der Waals surface area contributed by atoms with Crippen molar-refractivity contribution in [1.29, 1.82) is 0 Å². The number of para-hydroxylation sites is 1. The summed E-state index contributed by atoms with van der Waals surface area (Å²) in [7, 11) is 0. The van der Waals surface area contributed by atoms with Gasteiger partial charge in [0.15, 0.2) is 5.01 Å². The van der Waals surface area contributed by atoms with E-state index in [9.17, 15) is 9.90 Å². The Bertz CT molecular complexity index is 474. The SMILES string of the molecule is O=C(C=C[O-])c1nc2ccccc2s1.[Na+]. The molecule has 15 heavy (non-hydrogen) atoms. The second kappa shape index (κ2) is 5.42. The average Bonchev–Trinajstić information content (AvgIpc) is 2.61. The molecule has 0 radical (unpaired) electrons. The Kier molecular flexibility index (Phi) is 4.47. The zero-order valence-corrected chi connectivity index (χ0v) is 11.0. The van der Waals surface area contributed by atoms with Crippen molar-refractivity contribution < 1.29 is 39.5 Å². The fourth-order valence-corrected chi connectivity index (χ4v) is 2.00. The van der Waals surface area contributed by atoms with Gasteiger partial charge in [-0.15, -0.1) is 17.6 Å². The van der Waals surface area contributed by atoms with Gasteiger partial charge in [0, 0.05) is 0 Å². The van der Waals surface area contributed by atoms with Gasteiger partial charge in [-0.2, -0.15) is 0 Å². The van der Waals surface area contributed by atoms with Crippen LogP contribution in [0.4, 0.5) is 0 Å². The number of fused-ring (bicyclic) bond motifs is 1. The Morgan fingerprint density at radius 1 is 1.40 bits per heavy atom. The first kappa shape index (κ1) is 12.4. The molecule has 2 aromatic rings. The van der Waals surface area contributed by atoms with Gasteiger partial charge in [0.25, 0.3) is 0 Å². The molecule has 5 heteroatoms. The maximum absolute atomic E-state index is 11.3. The molecule has 0 unspecified atom stereocenters. The van der Waals surface area contributed by atoms with E-state index in [2.05, 4.69) is 4.98 Å². The second-order valence-electron chi connectivity index (χ2n) is 2.65. The van der Waals surface area contributed by atoms with Gasteiger partial charge >= 0.3 is 29.6 Å². The van der Waals surface area contributed by atoms with E-state index in [0.29, 0.717) is 11.3 Å². The molecule has 1 aromatic heterocycles. The molecule has 0 N–H and O–H groups in total. The van der Waals surface area contributed by atoms with Crippen LogP contribution in [0, 0.1) is 0 Å². The Morgan fingerprint density at radius 2 is 2.13 bits per heavy atom. The minimum atomic E-state index is -0.332. The van der Waals surface area contributed by atoms with E-state index in [0.717, 1.165) is 16.3 Å². The largest absolute Gasteiger partial charge is 1.00 e. The molecule has 0 spiro atoms. The van der Waals surface area contributed by atoms with E-state index in [1.807, 2.05) is 24.3 Å². The van der Waals surface area contributed by atoms with Crippen LogP contribution in [0.15, 0.2) is 36.6 Å². The van der Waals surface area contributed by atoms with Gasteiger partial charge in [0.2, 0.25) is 5.78 Å². The van der Waals surface area contributed by atoms with Crippen LogP contribution in [0.3, 0.4) is 0 Å². The van der Waals surface area contributed by atoms with Crippen molar-refractivity contribution in [2.24, 2.45) is 0 Å². The number of hydrogen-bond donors (Lipinski definition) is 0. The summed E-state index contributed by atoms with van der Waals surface area (Å²) in [6.07, 6.45) is 1.46. The van der Waals surface area contributed by atoms with Crippen LogP contribution < -0.4 is 34.7 Å². The molecule has 70 valence electrons. The monoisotopic (exact) mass is 227 g/mol. The summed E-state index contributed by atoms with van der Waals surface area (Å²) in [6.45, 7) is 0. The summed E-state index contributed by atoms with van der Waals surface area (Å²) in [5.74, 6) is -0.332. The zero-order valence-electron chi connectivity index (χ0n) is 8.14. The number of thiazole rings is 1. The van der Waals surface area contributed by atoms with Gasteiger partial charge in [-0.25, -0.2) is 4.98 Å². The molecule has 1 aromatic carbocycles. The van der Waals surface area contributed by atoms with Crippen molar-refractivity contribution in [2.45, 2.75) is 0 Å². The standard InChI is InChI=1S/C10H7NO2S.Na/c12-6-5-8(13)10-11-7-3-1-2-4-9(7)14-10;/h1-6,12H;/q;+1/p-1. The summed E-state index contributed by atoms with van der Waals surface area (Å²) in [4.78, 5) is 15.4. The molecule has 0 bridgehead atoms. The van der Waals surface area contributed by atoms with Crippen molar-refractivity contribution in [3.63, 3.8) is 0 Å². The topological polar surface area (TPSA) is 53.0 Å². The van der Waals surface area contributed by atoms with E-state index < -0.39 is 0 Å². The summed E-state index contributed by atoms with van der Waals surface area (Å²) in [5, 5.41) is 10.5. The summed E-state index contributed by atoms with van der Waals surface area (Å²) in [6, 6.07) is 7.48. The molecule has 0 amide bonds. The number of hydrogen-bond acceptors (Lipinski definition) is 4. The fraction of sp³-hybridized carbons (Fsp3) is 0. The molecule has 0 aliphatic carbocycles. The van der Waals surface area contributed by atoms with Gasteiger partial charge in [-0.3, -0.25) is 4.79 Å². The van der Waals surface area contributed by atoms with Crippen LogP contribution in [-0.2, 0) is 0 Å². The number of carbonyl (C=O) groups is 1. The van der Waals surface area contributed by atoms with Crippen molar-refractivity contribution in [3.8, 4) is 0 Å². The number of benzene rings is 1. The minimum Gasteiger partial charge on any atom is -0.878 e. The second-order valence-corrected chi connectivity index (χ2v) is 3.68. The van der Waals surface area contributed by atoms with Crippen LogP contribution in [0.2, 0.25) is 0 Å². The molecule has 0 fully saturated rings. The normalized spacial score (nSPS) is 10.4. The van der Waals surface area contributed by atoms with Crippen LogP contribution in [0.1, 0.15) is 9.80 Å². The number of aromatic nitrogens is 1. The van der Waals surface area contributed by atoms with Crippen LogP contribution in [0.5, 0.6) is 0 Å². The first-order valence-corrected chi connectivity index (χ1v) is 4.81. The van der Waals surface area contributed by atoms with Gasteiger partial charge in [0.05, 0.1) is 10.2 Å². The predicted molar refractivity (Wildman–Crippen MR) is 53.1 cm³/mol. The quantitative estimate of drug-likeness (QED) is 0.267. The molecule has 1 heterocycles. The molecule has 0 saturated heterocycles. The van der Waals surface area contributed by atoms with Crippen LogP contribution >= 0.6 is 11.3 Å². The zero-order chi connectivity index (χ0) is 9.97. The third-order valence-corrected chi connectivity index (χ3v) is 2.78. The number of carbonyl (C=O) groups excluding carboxylic acids is 1. The smallest absolute Gasteiger partial charge is 0.878 e. The van der Waals surface area contributed by atoms with Crippen LogP contribution in [-0.4, -0.2) is 10.8 Å². The molecule has 0 atom stereocenters. The third kappa shape index (κ3) is 2.66. The molecule has 3 nitrogen and oxygen atoms in total. The molecular formula is C10H6NNaO2S. The number of allylic oxidation sites excluding steroid dienone is 1. The van der Waals surface area contributed by atoms with E-state index in [4.69, 9.17) is 0 Å². The maximum atomic E-state index is 11.3. The maximum Gasteiger partial charge on any atom is 1.00 e. The van der Waals surface area contributed by atoms with Crippen molar-refractivity contribution in [1.82, 2.24) is 4.98 Å². The summed E-state index contributed by atoms with van der Waals surface area (Å²) >= 11 is 1.29. The van der Waals surface area contributed by atoms with Gasteiger partial charge in [-0.05, 0) is 18.2 Å². The Morgan fingerprint density at radius 3 is 2.80 bits per heavy atom. The van der Waals surface area contributed by atoms with Crippen LogP contribution in [0.25, 0.3) is 10.2 Å². The minimum absolute atomic E-state index is 0. The first-order valence-electron chi connectivity index (χ1n) is 3.99. The Balaban J connectivity index is 0.00000112. The van der Waals surface area contributed by atoms with Crippen molar-refractivity contribution in [3.05, 3.63) is 41.6 Å². The molecule has 0 saturated carbocycles. The van der Waals surface area contributed by atoms with E-state index in [1.54, 1.807) is 0 Å². The Hall–Kier alpha value is -0.680. The average molecular weight is 227 g/mol. The number of nitrogens with zero attached hydrogens (tertiary/aromatic N) is 1. The van der Waals surface area contributed by atoms with Gasteiger partial charge in [0.1, 0.15) is 0 Å². The van der Waals surface area contributed by atoms with Gasteiger partial charge < -0.3 is 5.11 Å². The van der Waals surface area contributed by atoms with E-state index in [-0.39, 0.29) is 35.3 Å². The van der Waals surface area contributed by atoms with Crippen molar-refractivity contribution >= 4 is 27.3 Å². The predicted octanol–water partition coefficient (Wildman–Crippen LogP) is -1.64. The van der Waals surface area contributed by atoms with Gasteiger partial charge in [-0.1, -0.05) is 12.1 Å². The molecule has 0 aliphatic rings.